The van der Waals surface area contributed by atoms with Gasteiger partial charge in [-0.1, -0.05) is 0 Å². The van der Waals surface area contributed by atoms with E-state index >= 15 is 0 Å². The Kier molecular flexibility index (Phi) is 6.07. The summed E-state index contributed by atoms with van der Waals surface area (Å²) in [6.45, 7) is 3.71. The van der Waals surface area contributed by atoms with E-state index in [9.17, 15) is 14.4 Å². The minimum absolute atomic E-state index is 0.0690. The first-order valence-electron chi connectivity index (χ1n) is 7.33. The number of amides is 2. The number of ether oxygens (including phenoxy) is 2. The van der Waals surface area contributed by atoms with Crippen molar-refractivity contribution in [2.45, 2.75) is 13.8 Å². The molecule has 9 heteroatoms. The molecule has 2 amide bonds. The number of rotatable bonds is 5. The molecule has 0 saturated carbocycles. The van der Waals surface area contributed by atoms with E-state index in [0.717, 1.165) is 5.56 Å². The van der Waals surface area contributed by atoms with Crippen LogP contribution in [0.4, 0.5) is 15.5 Å². The summed E-state index contributed by atoms with van der Waals surface area (Å²) in [6.07, 6.45) is 1.38. The first-order valence-corrected chi connectivity index (χ1v) is 8.21. The van der Waals surface area contributed by atoms with Crippen LogP contribution in [0.3, 0.4) is 0 Å². The zero-order valence-electron chi connectivity index (χ0n) is 13.9. The fourth-order valence-corrected chi connectivity index (χ4v) is 2.91. The second-order valence-electron chi connectivity index (χ2n) is 4.84. The molecule has 0 bridgehead atoms. The molecule has 2 aromatic rings. The van der Waals surface area contributed by atoms with Gasteiger partial charge in [0.1, 0.15) is 10.7 Å². The van der Waals surface area contributed by atoms with Crippen LogP contribution in [0.2, 0.25) is 0 Å². The number of thiophene rings is 1. The SMILES string of the molecule is CCOC(=O)c1c(C)csc1NC(=O)Nc1ccnc(C(=O)OC)c1. The van der Waals surface area contributed by atoms with Crippen LogP contribution >= 0.6 is 11.3 Å². The van der Waals surface area contributed by atoms with Gasteiger partial charge in [-0.05, 0) is 36.9 Å². The van der Waals surface area contributed by atoms with Crippen molar-refractivity contribution >= 4 is 40.0 Å². The quantitative estimate of drug-likeness (QED) is 0.791. The Morgan fingerprint density at radius 3 is 2.68 bits per heavy atom. The fourth-order valence-electron chi connectivity index (χ4n) is 1.98. The molecule has 0 aliphatic carbocycles. The van der Waals surface area contributed by atoms with Crippen LogP contribution < -0.4 is 10.6 Å². The fraction of sp³-hybridized carbons (Fsp3) is 0.250. The highest BCUT2D eigenvalue weighted by atomic mass is 32.1. The number of carbonyl (C=O) groups is 3. The molecule has 2 aromatic heterocycles. The van der Waals surface area contributed by atoms with Gasteiger partial charge in [-0.3, -0.25) is 5.32 Å². The van der Waals surface area contributed by atoms with Crippen molar-refractivity contribution in [2.24, 2.45) is 0 Å². The van der Waals surface area contributed by atoms with Crippen molar-refractivity contribution in [2.75, 3.05) is 24.4 Å². The number of hydrogen-bond acceptors (Lipinski definition) is 7. The van der Waals surface area contributed by atoms with E-state index in [1.807, 2.05) is 0 Å². The predicted octanol–water partition coefficient (Wildman–Crippen LogP) is 3.06. The van der Waals surface area contributed by atoms with Gasteiger partial charge in [0.25, 0.3) is 0 Å². The zero-order chi connectivity index (χ0) is 18.4. The monoisotopic (exact) mass is 363 g/mol. The number of pyridine rings is 1. The summed E-state index contributed by atoms with van der Waals surface area (Å²) in [6, 6.07) is 2.35. The Balaban J connectivity index is 2.11. The lowest BCUT2D eigenvalue weighted by molar-refractivity contribution is 0.0526. The molecule has 2 rings (SSSR count). The number of nitrogens with one attached hydrogen (secondary N) is 2. The molecule has 0 spiro atoms. The van der Waals surface area contributed by atoms with Crippen molar-refractivity contribution in [3.05, 3.63) is 40.5 Å². The van der Waals surface area contributed by atoms with Crippen LogP contribution in [-0.4, -0.2) is 36.7 Å². The minimum Gasteiger partial charge on any atom is -0.464 e. The van der Waals surface area contributed by atoms with Gasteiger partial charge in [0, 0.05) is 11.9 Å². The molecule has 132 valence electrons. The molecule has 0 aromatic carbocycles. The lowest BCUT2D eigenvalue weighted by Crippen LogP contribution is -2.21. The maximum absolute atomic E-state index is 12.2. The third kappa shape index (κ3) is 4.54. The Labute approximate surface area is 148 Å². The number of aromatic nitrogens is 1. The van der Waals surface area contributed by atoms with Gasteiger partial charge in [-0.15, -0.1) is 11.3 Å². The summed E-state index contributed by atoms with van der Waals surface area (Å²) < 4.78 is 9.58. The second kappa shape index (κ2) is 8.25. The summed E-state index contributed by atoms with van der Waals surface area (Å²) >= 11 is 1.22. The molecule has 0 radical (unpaired) electrons. The number of aryl methyl sites for hydroxylation is 1. The topological polar surface area (TPSA) is 107 Å². The van der Waals surface area contributed by atoms with Crippen molar-refractivity contribution < 1.29 is 23.9 Å². The maximum Gasteiger partial charge on any atom is 0.356 e. The lowest BCUT2D eigenvalue weighted by atomic mass is 10.2. The van der Waals surface area contributed by atoms with Crippen LogP contribution in [0.1, 0.15) is 33.3 Å². The van der Waals surface area contributed by atoms with E-state index in [1.165, 1.54) is 36.8 Å². The van der Waals surface area contributed by atoms with Crippen LogP contribution in [-0.2, 0) is 9.47 Å². The first kappa shape index (κ1) is 18.4. The molecule has 0 atom stereocenters. The van der Waals surface area contributed by atoms with Crippen LogP contribution in [0.5, 0.6) is 0 Å². The summed E-state index contributed by atoms with van der Waals surface area (Å²) in [4.78, 5) is 39.5. The number of methoxy groups -OCH3 is 1. The highest BCUT2D eigenvalue weighted by Gasteiger charge is 2.19. The number of nitrogens with zero attached hydrogens (tertiary/aromatic N) is 1. The minimum atomic E-state index is -0.609. The maximum atomic E-state index is 12.2. The van der Waals surface area contributed by atoms with Crippen LogP contribution in [0, 0.1) is 6.92 Å². The van der Waals surface area contributed by atoms with Gasteiger partial charge >= 0.3 is 18.0 Å². The highest BCUT2D eigenvalue weighted by molar-refractivity contribution is 7.15. The number of anilines is 2. The van der Waals surface area contributed by atoms with Gasteiger partial charge < -0.3 is 14.8 Å². The van der Waals surface area contributed by atoms with Gasteiger partial charge in [-0.25, -0.2) is 19.4 Å². The summed E-state index contributed by atoms with van der Waals surface area (Å²) in [7, 11) is 1.24. The molecule has 25 heavy (non-hydrogen) atoms. The Morgan fingerprint density at radius 2 is 2.00 bits per heavy atom. The predicted molar refractivity (Wildman–Crippen MR) is 93.2 cm³/mol. The van der Waals surface area contributed by atoms with E-state index < -0.39 is 18.0 Å². The summed E-state index contributed by atoms with van der Waals surface area (Å²) in [5.74, 6) is -1.10. The average molecular weight is 363 g/mol. The lowest BCUT2D eigenvalue weighted by Gasteiger charge is -2.09. The van der Waals surface area contributed by atoms with Gasteiger partial charge in [0.05, 0.1) is 19.3 Å². The zero-order valence-corrected chi connectivity index (χ0v) is 14.7. The molecular weight excluding hydrogens is 346 g/mol. The number of carbonyl (C=O) groups excluding carboxylic acids is 3. The normalized spacial score (nSPS) is 10.0. The molecular formula is C16H17N3O5S. The number of esters is 2. The molecule has 0 saturated heterocycles. The van der Waals surface area contributed by atoms with Crippen molar-refractivity contribution in [1.29, 1.82) is 0 Å². The van der Waals surface area contributed by atoms with E-state index in [4.69, 9.17) is 4.74 Å². The van der Waals surface area contributed by atoms with E-state index in [2.05, 4.69) is 20.4 Å². The molecule has 0 fully saturated rings. The third-order valence-corrected chi connectivity index (χ3v) is 4.11. The van der Waals surface area contributed by atoms with E-state index in [-0.39, 0.29) is 12.3 Å². The van der Waals surface area contributed by atoms with Gasteiger partial charge in [0.15, 0.2) is 0 Å². The largest absolute Gasteiger partial charge is 0.464 e. The third-order valence-electron chi connectivity index (χ3n) is 3.09. The molecule has 8 nitrogen and oxygen atoms in total. The van der Waals surface area contributed by atoms with Crippen molar-refractivity contribution in [3.8, 4) is 0 Å². The first-order chi connectivity index (χ1) is 12.0. The molecule has 2 heterocycles. The van der Waals surface area contributed by atoms with Crippen LogP contribution in [0.25, 0.3) is 0 Å². The molecule has 2 N–H and O–H groups in total. The van der Waals surface area contributed by atoms with E-state index in [1.54, 1.807) is 19.2 Å². The van der Waals surface area contributed by atoms with Gasteiger partial charge in [-0.2, -0.15) is 0 Å². The summed E-state index contributed by atoms with van der Waals surface area (Å²) in [5, 5.41) is 7.33. The Morgan fingerprint density at radius 1 is 1.24 bits per heavy atom. The summed E-state index contributed by atoms with van der Waals surface area (Å²) in [5.41, 5.74) is 1.47. The Hall–Kier alpha value is -2.94. The molecule has 0 aliphatic rings. The smallest absolute Gasteiger partial charge is 0.356 e. The van der Waals surface area contributed by atoms with E-state index in [0.29, 0.717) is 16.3 Å². The van der Waals surface area contributed by atoms with Crippen LogP contribution in [0.15, 0.2) is 23.7 Å². The second-order valence-corrected chi connectivity index (χ2v) is 5.72. The Bertz CT molecular complexity index is 803. The van der Waals surface area contributed by atoms with Crippen molar-refractivity contribution in [3.63, 3.8) is 0 Å². The molecule has 0 unspecified atom stereocenters. The van der Waals surface area contributed by atoms with Crippen molar-refractivity contribution in [1.82, 2.24) is 4.98 Å². The molecule has 0 aliphatic heterocycles. The van der Waals surface area contributed by atoms with Gasteiger partial charge in [0.2, 0.25) is 0 Å². The number of urea groups is 1. The average Bonchev–Trinajstić information content (AvgIpc) is 2.94. The highest BCUT2D eigenvalue weighted by Crippen LogP contribution is 2.28. The number of hydrogen-bond donors (Lipinski definition) is 2. The standard InChI is InChI=1S/C16H17N3O5S/c1-4-24-15(21)12-9(2)8-25-13(12)19-16(22)18-10-5-6-17-11(7-10)14(20)23-3/h5-8H,4H2,1-3H3,(H2,17,18,19,22).